The number of aryl methyl sites for hydroxylation is 2. The molecular weight excluding hydrogens is 289 g/mol. The molecule has 0 fully saturated rings. The average molecular weight is 307 g/mol. The molecule has 0 saturated heterocycles. The maximum Gasteiger partial charge on any atom is 0.182 e. The molecule has 0 unspecified atom stereocenters. The van der Waals surface area contributed by atoms with Gasteiger partial charge in [0.1, 0.15) is 5.82 Å². The lowest BCUT2D eigenvalue weighted by Crippen LogP contribution is -2.08. The highest BCUT2D eigenvalue weighted by atomic mass is 32.2. The minimum absolute atomic E-state index is 0.175. The number of benzene rings is 2. The van der Waals surface area contributed by atoms with Gasteiger partial charge in [-0.05, 0) is 48.7 Å². The van der Waals surface area contributed by atoms with E-state index < -0.39 is 15.7 Å². The van der Waals surface area contributed by atoms with Crippen molar-refractivity contribution in [1.29, 1.82) is 0 Å². The second kappa shape index (κ2) is 5.95. The van der Waals surface area contributed by atoms with Crippen molar-refractivity contribution in [3.8, 4) is 0 Å². The highest BCUT2D eigenvalue weighted by molar-refractivity contribution is 7.90. The van der Waals surface area contributed by atoms with Crippen LogP contribution in [0.15, 0.2) is 41.3 Å². The van der Waals surface area contributed by atoms with Gasteiger partial charge in [-0.3, -0.25) is 0 Å². The Hall–Kier alpha value is -1.72. The van der Waals surface area contributed by atoms with Crippen LogP contribution in [0.25, 0.3) is 0 Å². The van der Waals surface area contributed by atoms with Crippen LogP contribution in [-0.4, -0.2) is 8.42 Å². The molecule has 0 radical (unpaired) electrons. The van der Waals surface area contributed by atoms with Gasteiger partial charge in [0.05, 0.1) is 10.6 Å². The Morgan fingerprint density at radius 2 is 1.71 bits per heavy atom. The van der Waals surface area contributed by atoms with Crippen molar-refractivity contribution in [1.82, 2.24) is 0 Å². The van der Waals surface area contributed by atoms with Gasteiger partial charge in [0, 0.05) is 6.54 Å². The van der Waals surface area contributed by atoms with Gasteiger partial charge in [0.25, 0.3) is 0 Å². The molecule has 0 amide bonds. The van der Waals surface area contributed by atoms with Crippen LogP contribution in [0.1, 0.15) is 22.3 Å². The number of sulfone groups is 1. The molecule has 0 aliphatic rings. The monoisotopic (exact) mass is 307 g/mol. The van der Waals surface area contributed by atoms with E-state index in [9.17, 15) is 12.8 Å². The molecule has 2 rings (SSSR count). The average Bonchev–Trinajstić information content (AvgIpc) is 2.36. The molecule has 112 valence electrons. The third-order valence-corrected chi connectivity index (χ3v) is 5.12. The van der Waals surface area contributed by atoms with E-state index in [1.807, 2.05) is 13.0 Å². The molecule has 3 nitrogen and oxygen atoms in total. The summed E-state index contributed by atoms with van der Waals surface area (Å²) < 4.78 is 38.5. The van der Waals surface area contributed by atoms with Gasteiger partial charge in [-0.25, -0.2) is 12.8 Å². The zero-order valence-corrected chi connectivity index (χ0v) is 12.9. The van der Waals surface area contributed by atoms with Crippen LogP contribution in [0.5, 0.6) is 0 Å². The highest BCUT2D eigenvalue weighted by Gasteiger charge is 2.18. The van der Waals surface area contributed by atoms with E-state index in [0.717, 1.165) is 5.56 Å². The van der Waals surface area contributed by atoms with Crippen LogP contribution in [-0.2, 0) is 22.1 Å². The van der Waals surface area contributed by atoms with Crippen molar-refractivity contribution in [2.75, 3.05) is 0 Å². The Balaban J connectivity index is 2.39. The molecule has 0 aliphatic carbocycles. The summed E-state index contributed by atoms with van der Waals surface area (Å²) in [7, 11) is -3.51. The molecule has 0 aromatic heterocycles. The van der Waals surface area contributed by atoms with Gasteiger partial charge in [-0.15, -0.1) is 0 Å². The fourth-order valence-electron chi connectivity index (χ4n) is 2.36. The number of rotatable bonds is 4. The number of hydrogen-bond donors (Lipinski definition) is 1. The first-order valence-electron chi connectivity index (χ1n) is 6.60. The number of hydrogen-bond acceptors (Lipinski definition) is 3. The molecular formula is C16H18FNO2S. The minimum Gasteiger partial charge on any atom is -0.326 e. The van der Waals surface area contributed by atoms with Crippen LogP contribution >= 0.6 is 0 Å². The Morgan fingerprint density at radius 1 is 1.05 bits per heavy atom. The van der Waals surface area contributed by atoms with Gasteiger partial charge in [-0.1, -0.05) is 23.8 Å². The standard InChI is InChI=1S/C16H18FNO2S/c1-11-3-4-16(12(2)5-11)21(19,20)10-14-6-13(9-18)7-15(17)8-14/h3-8H,9-10,18H2,1-2H3. The fourth-order valence-corrected chi connectivity index (χ4v) is 3.95. The second-order valence-electron chi connectivity index (χ2n) is 5.20. The summed E-state index contributed by atoms with van der Waals surface area (Å²) in [4.78, 5) is 0.284. The Morgan fingerprint density at radius 3 is 2.33 bits per heavy atom. The third-order valence-electron chi connectivity index (χ3n) is 3.28. The maximum absolute atomic E-state index is 13.5. The van der Waals surface area contributed by atoms with Crippen LogP contribution in [0.4, 0.5) is 4.39 Å². The number of nitrogens with two attached hydrogens (primary N) is 1. The van der Waals surface area contributed by atoms with E-state index in [4.69, 9.17) is 5.73 Å². The summed E-state index contributed by atoms with van der Waals surface area (Å²) in [6.45, 7) is 3.84. The highest BCUT2D eigenvalue weighted by Crippen LogP contribution is 2.22. The lowest BCUT2D eigenvalue weighted by Gasteiger charge is -2.10. The van der Waals surface area contributed by atoms with E-state index in [0.29, 0.717) is 16.7 Å². The van der Waals surface area contributed by atoms with E-state index >= 15 is 0 Å². The van der Waals surface area contributed by atoms with Gasteiger partial charge in [0.2, 0.25) is 0 Å². The molecule has 0 spiro atoms. The van der Waals surface area contributed by atoms with Crippen molar-refractivity contribution in [3.05, 3.63) is 64.5 Å². The van der Waals surface area contributed by atoms with Crippen molar-refractivity contribution in [2.45, 2.75) is 31.0 Å². The van der Waals surface area contributed by atoms with Crippen LogP contribution in [0, 0.1) is 19.7 Å². The molecule has 0 atom stereocenters. The zero-order chi connectivity index (χ0) is 15.6. The minimum atomic E-state index is -3.51. The van der Waals surface area contributed by atoms with Crippen molar-refractivity contribution >= 4 is 9.84 Å². The number of halogens is 1. The first-order chi connectivity index (χ1) is 9.81. The summed E-state index contributed by atoms with van der Waals surface area (Å²) in [6.07, 6.45) is 0. The zero-order valence-electron chi connectivity index (χ0n) is 12.1. The Bertz CT molecular complexity index is 770. The summed E-state index contributed by atoms with van der Waals surface area (Å²) in [5.74, 6) is -0.703. The topological polar surface area (TPSA) is 60.2 Å². The molecule has 0 bridgehead atoms. The summed E-state index contributed by atoms with van der Waals surface area (Å²) in [6, 6.07) is 9.36. The largest absolute Gasteiger partial charge is 0.326 e. The maximum atomic E-state index is 13.5. The second-order valence-corrected chi connectivity index (χ2v) is 7.16. The Labute approximate surface area is 124 Å². The lowest BCUT2D eigenvalue weighted by atomic mass is 10.1. The molecule has 2 N–H and O–H groups in total. The van der Waals surface area contributed by atoms with Gasteiger partial charge in [-0.2, -0.15) is 0 Å². The van der Waals surface area contributed by atoms with Crippen LogP contribution in [0.2, 0.25) is 0 Å². The van der Waals surface area contributed by atoms with Gasteiger partial charge >= 0.3 is 0 Å². The summed E-state index contributed by atoms with van der Waals surface area (Å²) in [5.41, 5.74) is 8.19. The normalized spacial score (nSPS) is 11.6. The molecule has 0 heterocycles. The Kier molecular flexibility index (Phi) is 4.44. The predicted octanol–water partition coefficient (Wildman–Crippen LogP) is 2.88. The molecule has 5 heteroatoms. The predicted molar refractivity (Wildman–Crippen MR) is 81.1 cm³/mol. The van der Waals surface area contributed by atoms with E-state index in [1.54, 1.807) is 25.1 Å². The van der Waals surface area contributed by atoms with Crippen LogP contribution < -0.4 is 5.73 Å². The molecule has 2 aromatic rings. The van der Waals surface area contributed by atoms with Crippen molar-refractivity contribution in [3.63, 3.8) is 0 Å². The molecule has 2 aromatic carbocycles. The van der Waals surface area contributed by atoms with E-state index in [1.165, 1.54) is 12.1 Å². The smallest absolute Gasteiger partial charge is 0.182 e. The van der Waals surface area contributed by atoms with E-state index in [-0.39, 0.29) is 17.2 Å². The van der Waals surface area contributed by atoms with Crippen molar-refractivity contribution in [2.24, 2.45) is 5.73 Å². The van der Waals surface area contributed by atoms with E-state index in [2.05, 4.69) is 0 Å². The first-order valence-corrected chi connectivity index (χ1v) is 8.25. The van der Waals surface area contributed by atoms with Crippen LogP contribution in [0.3, 0.4) is 0 Å². The molecule has 21 heavy (non-hydrogen) atoms. The molecule has 0 aliphatic heterocycles. The quantitative estimate of drug-likeness (QED) is 0.945. The first kappa shape index (κ1) is 15.7. The summed E-state index contributed by atoms with van der Waals surface area (Å²) in [5, 5.41) is 0. The van der Waals surface area contributed by atoms with Crippen molar-refractivity contribution < 1.29 is 12.8 Å². The fraction of sp³-hybridized carbons (Fsp3) is 0.250. The third kappa shape index (κ3) is 3.68. The summed E-state index contributed by atoms with van der Waals surface area (Å²) >= 11 is 0. The van der Waals surface area contributed by atoms with Gasteiger partial charge < -0.3 is 5.73 Å². The molecule has 0 saturated carbocycles. The SMILES string of the molecule is Cc1ccc(S(=O)(=O)Cc2cc(F)cc(CN)c2)c(C)c1. The van der Waals surface area contributed by atoms with Gasteiger partial charge in [0.15, 0.2) is 9.84 Å². The lowest BCUT2D eigenvalue weighted by molar-refractivity contribution is 0.594.